The van der Waals surface area contributed by atoms with Crippen molar-refractivity contribution in [1.29, 1.82) is 0 Å². The van der Waals surface area contributed by atoms with E-state index >= 15 is 0 Å². The summed E-state index contributed by atoms with van der Waals surface area (Å²) in [7, 11) is -3.38. The maximum atomic E-state index is 11.9. The molecule has 0 aliphatic rings. The van der Waals surface area contributed by atoms with E-state index in [1.165, 1.54) is 11.3 Å². The molecule has 6 nitrogen and oxygen atoms in total. The zero-order chi connectivity index (χ0) is 15.7. The van der Waals surface area contributed by atoms with E-state index in [4.69, 9.17) is 0 Å². The molecule has 1 rings (SSSR count). The van der Waals surface area contributed by atoms with Gasteiger partial charge >= 0.3 is 0 Å². The van der Waals surface area contributed by atoms with E-state index in [1.54, 1.807) is 17.5 Å². The summed E-state index contributed by atoms with van der Waals surface area (Å²) in [6, 6.07) is 3.31. The lowest BCUT2D eigenvalue weighted by atomic mass is 10.2. The monoisotopic (exact) mass is 460 g/mol. The molecule has 0 amide bonds. The lowest BCUT2D eigenvalue weighted by Crippen LogP contribution is -2.41. The zero-order valence-electron chi connectivity index (χ0n) is 13.1. The van der Waals surface area contributed by atoms with Crippen molar-refractivity contribution in [3.8, 4) is 0 Å². The largest absolute Gasteiger partial charge is 0.357 e. The van der Waals surface area contributed by atoms with Crippen molar-refractivity contribution in [2.24, 2.45) is 10.9 Å². The van der Waals surface area contributed by atoms with Crippen LogP contribution in [0.4, 0.5) is 0 Å². The van der Waals surface area contributed by atoms with Crippen LogP contribution in [0.15, 0.2) is 26.7 Å². The van der Waals surface area contributed by atoms with Crippen LogP contribution in [0.5, 0.6) is 0 Å². The Morgan fingerprint density at radius 2 is 2.05 bits per heavy atom. The van der Waals surface area contributed by atoms with Gasteiger partial charge in [-0.25, -0.2) is 13.1 Å². The van der Waals surface area contributed by atoms with Crippen LogP contribution < -0.4 is 15.4 Å². The van der Waals surface area contributed by atoms with E-state index in [2.05, 4.69) is 34.2 Å². The van der Waals surface area contributed by atoms with Crippen molar-refractivity contribution in [1.82, 2.24) is 15.4 Å². The van der Waals surface area contributed by atoms with Crippen molar-refractivity contribution >= 4 is 51.3 Å². The van der Waals surface area contributed by atoms with Crippen LogP contribution in [-0.4, -0.2) is 40.6 Å². The van der Waals surface area contributed by atoms with Crippen molar-refractivity contribution in [2.75, 3.05) is 26.2 Å². The second-order valence-corrected chi connectivity index (χ2v) is 7.81. The number of sulfonamides is 1. The predicted molar refractivity (Wildman–Crippen MR) is 104 cm³/mol. The van der Waals surface area contributed by atoms with Gasteiger partial charge in [0.2, 0.25) is 10.0 Å². The molecule has 0 radical (unpaired) electrons. The first-order valence-electron chi connectivity index (χ1n) is 7.01. The van der Waals surface area contributed by atoms with E-state index in [0.717, 1.165) is 13.1 Å². The van der Waals surface area contributed by atoms with Gasteiger partial charge < -0.3 is 10.6 Å². The number of hydrogen-bond donors (Lipinski definition) is 3. The van der Waals surface area contributed by atoms with Crippen molar-refractivity contribution in [3.63, 3.8) is 0 Å². The molecule has 1 heterocycles. The van der Waals surface area contributed by atoms with Crippen LogP contribution in [0.3, 0.4) is 0 Å². The molecule has 0 saturated carbocycles. The number of nitrogens with one attached hydrogen (secondary N) is 3. The fourth-order valence-electron chi connectivity index (χ4n) is 1.47. The fourth-order valence-corrected chi connectivity index (χ4v) is 3.54. The maximum Gasteiger partial charge on any atom is 0.250 e. The standard InChI is InChI=1S/C13H24N4O2S2.HI/c1-4-14-13(16-10-11(2)3)15-7-8-17-21(18,19)12-6-5-9-20-12;/h5-6,9,11,17H,4,7-8,10H2,1-3H3,(H2,14,15,16);1H. The topological polar surface area (TPSA) is 82.6 Å². The Morgan fingerprint density at radius 3 is 2.59 bits per heavy atom. The SMILES string of the molecule is CCNC(=NCC(C)C)NCCNS(=O)(=O)c1cccs1.I. The summed E-state index contributed by atoms with van der Waals surface area (Å²) in [4.78, 5) is 4.42. The average molecular weight is 460 g/mol. The Kier molecular flexibility index (Phi) is 11.0. The summed E-state index contributed by atoms with van der Waals surface area (Å²) < 4.78 is 26.7. The number of halogens is 1. The minimum absolute atomic E-state index is 0. The molecule has 0 unspecified atom stereocenters. The molecule has 0 aromatic carbocycles. The molecule has 0 aliphatic heterocycles. The van der Waals surface area contributed by atoms with E-state index in [-0.39, 0.29) is 24.0 Å². The molecule has 9 heteroatoms. The minimum Gasteiger partial charge on any atom is -0.357 e. The van der Waals surface area contributed by atoms with Crippen LogP contribution in [0, 0.1) is 5.92 Å². The van der Waals surface area contributed by atoms with Gasteiger partial charge in [-0.05, 0) is 24.3 Å². The van der Waals surface area contributed by atoms with Gasteiger partial charge in [0.1, 0.15) is 4.21 Å². The molecule has 0 fully saturated rings. The Hall–Kier alpha value is -0.390. The van der Waals surface area contributed by atoms with Crippen LogP contribution in [0.1, 0.15) is 20.8 Å². The minimum atomic E-state index is -3.38. The molecule has 22 heavy (non-hydrogen) atoms. The highest BCUT2D eigenvalue weighted by molar-refractivity contribution is 14.0. The molecule has 0 spiro atoms. The first kappa shape index (κ1) is 21.6. The van der Waals surface area contributed by atoms with Crippen LogP contribution >= 0.6 is 35.3 Å². The maximum absolute atomic E-state index is 11.9. The summed E-state index contributed by atoms with van der Waals surface area (Å²) in [5.74, 6) is 1.19. The highest BCUT2D eigenvalue weighted by Crippen LogP contribution is 2.14. The molecule has 0 bridgehead atoms. The van der Waals surface area contributed by atoms with Crippen LogP contribution in [0.2, 0.25) is 0 Å². The second kappa shape index (κ2) is 11.2. The highest BCUT2D eigenvalue weighted by Gasteiger charge is 2.13. The number of guanidine groups is 1. The van der Waals surface area contributed by atoms with Crippen molar-refractivity contribution in [2.45, 2.75) is 25.0 Å². The van der Waals surface area contributed by atoms with Crippen molar-refractivity contribution in [3.05, 3.63) is 17.5 Å². The quantitative estimate of drug-likeness (QED) is 0.239. The summed E-state index contributed by atoms with van der Waals surface area (Å²) >= 11 is 1.21. The fraction of sp³-hybridized carbons (Fsp3) is 0.615. The normalized spacial score (nSPS) is 12.1. The molecule has 1 aromatic heterocycles. The molecule has 1 aromatic rings. The molecule has 128 valence electrons. The first-order valence-corrected chi connectivity index (χ1v) is 9.37. The van der Waals surface area contributed by atoms with Gasteiger partial charge in [0.15, 0.2) is 5.96 Å². The van der Waals surface area contributed by atoms with Crippen molar-refractivity contribution < 1.29 is 8.42 Å². The number of nitrogens with zero attached hydrogens (tertiary/aromatic N) is 1. The van der Waals surface area contributed by atoms with E-state index in [0.29, 0.717) is 29.2 Å². The van der Waals surface area contributed by atoms with Gasteiger partial charge in [0.05, 0.1) is 0 Å². The Bertz CT molecular complexity index is 530. The molecule has 0 atom stereocenters. The average Bonchev–Trinajstić information content (AvgIpc) is 2.95. The summed E-state index contributed by atoms with van der Waals surface area (Å²) in [6.07, 6.45) is 0. The van der Waals surface area contributed by atoms with Gasteiger partial charge in [-0.1, -0.05) is 19.9 Å². The Balaban J connectivity index is 0.00000441. The van der Waals surface area contributed by atoms with Crippen LogP contribution in [-0.2, 0) is 10.0 Å². The van der Waals surface area contributed by atoms with Gasteiger partial charge in [-0.2, -0.15) is 0 Å². The summed E-state index contributed by atoms with van der Waals surface area (Å²) in [6.45, 7) is 8.48. The molecule has 0 saturated heterocycles. The third-order valence-corrected chi connectivity index (χ3v) is 5.29. The van der Waals surface area contributed by atoms with E-state index in [1.807, 2.05) is 6.92 Å². The third kappa shape index (κ3) is 8.30. The summed E-state index contributed by atoms with van der Waals surface area (Å²) in [5.41, 5.74) is 0. The number of rotatable bonds is 8. The number of aliphatic imine (C=N–C) groups is 1. The highest BCUT2D eigenvalue weighted by atomic mass is 127. The number of thiophene rings is 1. The van der Waals surface area contributed by atoms with Gasteiger partial charge in [0.25, 0.3) is 0 Å². The molecular weight excluding hydrogens is 435 g/mol. The van der Waals surface area contributed by atoms with Crippen LogP contribution in [0.25, 0.3) is 0 Å². The zero-order valence-corrected chi connectivity index (χ0v) is 17.1. The molecular formula is C13H25IN4O2S2. The van der Waals surface area contributed by atoms with E-state index < -0.39 is 10.0 Å². The molecule has 0 aliphatic carbocycles. The lowest BCUT2D eigenvalue weighted by Gasteiger charge is -2.12. The van der Waals surface area contributed by atoms with Gasteiger partial charge in [-0.3, -0.25) is 4.99 Å². The Labute approximate surface area is 154 Å². The lowest BCUT2D eigenvalue weighted by molar-refractivity contribution is 0.582. The molecule has 3 N–H and O–H groups in total. The van der Waals surface area contributed by atoms with Gasteiger partial charge in [-0.15, -0.1) is 35.3 Å². The third-order valence-electron chi connectivity index (χ3n) is 2.43. The number of hydrogen-bond acceptors (Lipinski definition) is 4. The first-order chi connectivity index (χ1) is 9.95. The summed E-state index contributed by atoms with van der Waals surface area (Å²) in [5, 5.41) is 7.98. The predicted octanol–water partition coefficient (Wildman–Crippen LogP) is 1.86. The Morgan fingerprint density at radius 1 is 1.32 bits per heavy atom. The van der Waals surface area contributed by atoms with Gasteiger partial charge in [0, 0.05) is 26.2 Å². The second-order valence-electron chi connectivity index (χ2n) is 4.87. The van der Waals surface area contributed by atoms with E-state index in [9.17, 15) is 8.42 Å². The smallest absolute Gasteiger partial charge is 0.250 e.